The molecular weight excluding hydrogens is 368 g/mol. The third-order valence-corrected chi connectivity index (χ3v) is 3.95. The van der Waals surface area contributed by atoms with E-state index in [1.807, 2.05) is 0 Å². The van der Waals surface area contributed by atoms with Crippen LogP contribution in [-0.4, -0.2) is 54.3 Å². The molecule has 1 aliphatic heterocycles. The Labute approximate surface area is 164 Å². The summed E-state index contributed by atoms with van der Waals surface area (Å²) in [5, 5.41) is 11.2. The minimum Gasteiger partial charge on any atom is -0.475 e. The Bertz CT molecular complexity index is 702. The van der Waals surface area contributed by atoms with Gasteiger partial charge in [-0.1, -0.05) is 12.2 Å². The predicted molar refractivity (Wildman–Crippen MR) is 102 cm³/mol. The molecule has 0 aliphatic carbocycles. The maximum absolute atomic E-state index is 12.3. The summed E-state index contributed by atoms with van der Waals surface area (Å²) in [7, 11) is 1.20. The van der Waals surface area contributed by atoms with E-state index in [2.05, 4.69) is 11.3 Å². The number of ether oxygens (including phenoxy) is 3. The van der Waals surface area contributed by atoms with E-state index in [1.165, 1.54) is 20.1 Å². The van der Waals surface area contributed by atoms with Crippen LogP contribution in [0.2, 0.25) is 0 Å². The van der Waals surface area contributed by atoms with Crippen LogP contribution in [0, 0.1) is 10.1 Å². The van der Waals surface area contributed by atoms with Crippen LogP contribution in [0.1, 0.15) is 40.5 Å². The number of nitro groups is 1. The van der Waals surface area contributed by atoms with E-state index in [1.54, 1.807) is 25.7 Å². The summed E-state index contributed by atoms with van der Waals surface area (Å²) in [6.45, 7) is 11.0. The van der Waals surface area contributed by atoms with Gasteiger partial charge in [0.2, 0.25) is 0 Å². The second-order valence-corrected chi connectivity index (χ2v) is 7.31. The second-order valence-electron chi connectivity index (χ2n) is 7.31. The van der Waals surface area contributed by atoms with Crippen LogP contribution in [0.15, 0.2) is 35.3 Å². The van der Waals surface area contributed by atoms with Crippen molar-refractivity contribution in [3.63, 3.8) is 0 Å². The minimum absolute atomic E-state index is 0.0442. The lowest BCUT2D eigenvalue weighted by molar-refractivity contribution is -0.427. The monoisotopic (exact) mass is 396 g/mol. The van der Waals surface area contributed by atoms with Gasteiger partial charge in [-0.25, -0.2) is 9.59 Å². The first-order chi connectivity index (χ1) is 12.9. The van der Waals surface area contributed by atoms with Gasteiger partial charge in [-0.05, 0) is 45.3 Å². The Hall–Kier alpha value is -2.84. The number of carbonyl (C=O) groups is 2. The molecule has 1 amide bonds. The summed E-state index contributed by atoms with van der Waals surface area (Å²) in [6.07, 6.45) is 2.00. The number of allylic oxidation sites excluding steroid dienone is 2. The number of amides is 1. The smallest absolute Gasteiger partial charge is 0.410 e. The molecule has 0 bridgehead atoms. The summed E-state index contributed by atoms with van der Waals surface area (Å²) in [5.41, 5.74) is 0.616. The summed E-state index contributed by atoms with van der Waals surface area (Å²) in [5.74, 6) is -0.694. The highest BCUT2D eigenvalue weighted by molar-refractivity contribution is 5.70. The van der Waals surface area contributed by atoms with E-state index < -0.39 is 29.2 Å². The van der Waals surface area contributed by atoms with Gasteiger partial charge in [0, 0.05) is 20.0 Å². The van der Waals surface area contributed by atoms with Gasteiger partial charge in [0.25, 0.3) is 5.70 Å². The van der Waals surface area contributed by atoms with Gasteiger partial charge in [0.05, 0.1) is 12.0 Å². The third-order valence-electron chi connectivity index (χ3n) is 3.95. The maximum atomic E-state index is 12.3. The van der Waals surface area contributed by atoms with Crippen molar-refractivity contribution in [2.45, 2.75) is 46.1 Å². The van der Waals surface area contributed by atoms with Gasteiger partial charge in [-0.2, -0.15) is 0 Å². The zero-order valence-electron chi connectivity index (χ0n) is 17.1. The largest absolute Gasteiger partial charge is 0.475 e. The average Bonchev–Trinajstić information content (AvgIpc) is 2.78. The lowest BCUT2D eigenvalue weighted by Gasteiger charge is -2.26. The molecule has 0 atom stereocenters. The fourth-order valence-electron chi connectivity index (χ4n) is 2.35. The molecule has 1 rings (SSSR count). The van der Waals surface area contributed by atoms with Crippen LogP contribution in [0.3, 0.4) is 0 Å². The lowest BCUT2D eigenvalue weighted by Crippen LogP contribution is -2.37. The Morgan fingerprint density at radius 3 is 2.43 bits per heavy atom. The molecule has 0 aromatic carbocycles. The second kappa shape index (κ2) is 9.91. The minimum atomic E-state index is -0.650. The first kappa shape index (κ1) is 23.2. The molecule has 0 radical (unpaired) electrons. The zero-order valence-corrected chi connectivity index (χ0v) is 17.1. The molecule has 156 valence electrons. The summed E-state index contributed by atoms with van der Waals surface area (Å²) < 4.78 is 15.2. The molecule has 28 heavy (non-hydrogen) atoms. The number of esters is 1. The number of likely N-dealkylation sites (tertiary alicyclic amines) is 1. The van der Waals surface area contributed by atoms with Crippen LogP contribution in [-0.2, 0) is 19.0 Å². The zero-order chi connectivity index (χ0) is 21.5. The molecule has 1 saturated heterocycles. The van der Waals surface area contributed by atoms with Crippen molar-refractivity contribution in [2.24, 2.45) is 0 Å². The summed E-state index contributed by atoms with van der Waals surface area (Å²) in [6, 6.07) is 0. The normalized spacial score (nSPS) is 17.5. The highest BCUT2D eigenvalue weighted by atomic mass is 16.6. The number of carbonyl (C=O) groups excluding carboxylic acids is 2. The Morgan fingerprint density at radius 1 is 1.29 bits per heavy atom. The van der Waals surface area contributed by atoms with E-state index in [0.29, 0.717) is 31.5 Å². The number of methoxy groups -OCH3 is 1. The Balaban J connectivity index is 3.01. The molecule has 9 heteroatoms. The van der Waals surface area contributed by atoms with E-state index in [-0.39, 0.29) is 11.5 Å². The molecule has 1 fully saturated rings. The van der Waals surface area contributed by atoms with Gasteiger partial charge >= 0.3 is 12.1 Å². The first-order valence-electron chi connectivity index (χ1n) is 8.86. The molecule has 9 nitrogen and oxygen atoms in total. The van der Waals surface area contributed by atoms with Crippen LogP contribution in [0.25, 0.3) is 0 Å². The molecule has 1 aliphatic rings. The molecular formula is C19H28N2O7. The number of nitrogens with zero attached hydrogens (tertiary/aromatic N) is 2. The average molecular weight is 396 g/mol. The van der Waals surface area contributed by atoms with Crippen LogP contribution >= 0.6 is 0 Å². The molecule has 0 spiro atoms. The SMILES string of the molecule is C=C1CCN(C(=O)OC(C)(C)C)CC/C1=C/C(OCC(=O)OC)=C(\C)[N+](=O)[O-]. The highest BCUT2D eigenvalue weighted by Crippen LogP contribution is 2.25. The molecule has 0 aromatic heterocycles. The van der Waals surface area contributed by atoms with Gasteiger partial charge < -0.3 is 19.1 Å². The van der Waals surface area contributed by atoms with Crippen molar-refractivity contribution in [2.75, 3.05) is 26.8 Å². The fourth-order valence-corrected chi connectivity index (χ4v) is 2.35. The first-order valence-corrected chi connectivity index (χ1v) is 8.86. The Morgan fingerprint density at radius 2 is 1.89 bits per heavy atom. The molecule has 0 aromatic rings. The van der Waals surface area contributed by atoms with Gasteiger partial charge in [0.15, 0.2) is 12.4 Å². The van der Waals surface area contributed by atoms with Crippen molar-refractivity contribution < 1.29 is 28.7 Å². The van der Waals surface area contributed by atoms with E-state index >= 15 is 0 Å². The van der Waals surface area contributed by atoms with Gasteiger partial charge in [-0.3, -0.25) is 10.1 Å². The molecule has 0 saturated carbocycles. The third kappa shape index (κ3) is 7.42. The van der Waals surface area contributed by atoms with Crippen LogP contribution < -0.4 is 0 Å². The summed E-state index contributed by atoms with van der Waals surface area (Å²) >= 11 is 0. The van der Waals surface area contributed by atoms with Crippen molar-refractivity contribution in [1.29, 1.82) is 0 Å². The predicted octanol–water partition coefficient (Wildman–Crippen LogP) is 3.20. The van der Waals surface area contributed by atoms with Crippen LogP contribution in [0.5, 0.6) is 0 Å². The topological polar surface area (TPSA) is 108 Å². The quantitative estimate of drug-likeness (QED) is 0.304. The van der Waals surface area contributed by atoms with E-state index in [4.69, 9.17) is 9.47 Å². The van der Waals surface area contributed by atoms with Crippen LogP contribution in [0.4, 0.5) is 4.79 Å². The van der Waals surface area contributed by atoms with Crippen molar-refractivity contribution in [3.8, 4) is 0 Å². The molecule has 0 N–H and O–H groups in total. The fraction of sp³-hybridized carbons (Fsp3) is 0.579. The van der Waals surface area contributed by atoms with E-state index in [0.717, 1.165) is 5.57 Å². The number of hydrogen-bond acceptors (Lipinski definition) is 7. The van der Waals surface area contributed by atoms with Crippen molar-refractivity contribution >= 4 is 12.1 Å². The van der Waals surface area contributed by atoms with Crippen molar-refractivity contribution in [3.05, 3.63) is 45.4 Å². The molecule has 0 unspecified atom stereocenters. The Kier molecular flexibility index (Phi) is 8.21. The van der Waals surface area contributed by atoms with Gasteiger partial charge in [-0.15, -0.1) is 0 Å². The highest BCUT2D eigenvalue weighted by Gasteiger charge is 2.25. The summed E-state index contributed by atoms with van der Waals surface area (Å²) in [4.78, 5) is 35.7. The standard InChI is InChI=1S/C19H28N2O7/c1-13-7-9-20(18(23)28-19(3,4)5)10-8-15(13)11-16(14(2)21(24)25)27-12-17(22)26-6/h11H,1,7-10,12H2,2-6H3/b15-11-,16-14-. The van der Waals surface area contributed by atoms with E-state index in [9.17, 15) is 19.7 Å². The number of rotatable bonds is 5. The van der Waals surface area contributed by atoms with Crippen molar-refractivity contribution in [1.82, 2.24) is 4.90 Å². The molecule has 1 heterocycles. The number of hydrogen-bond donors (Lipinski definition) is 0. The lowest BCUT2D eigenvalue weighted by atomic mass is 10.0. The van der Waals surface area contributed by atoms with Gasteiger partial charge in [0.1, 0.15) is 5.60 Å². The maximum Gasteiger partial charge on any atom is 0.410 e.